The molecule has 0 aliphatic heterocycles. The fourth-order valence-corrected chi connectivity index (χ4v) is 1.38. The number of rotatable bonds is 9. The molecule has 0 saturated carbocycles. The van der Waals surface area contributed by atoms with E-state index in [1.54, 1.807) is 7.11 Å². The summed E-state index contributed by atoms with van der Waals surface area (Å²) in [6.07, 6.45) is 2.52. The summed E-state index contributed by atoms with van der Waals surface area (Å²) in [5.41, 5.74) is 0. The summed E-state index contributed by atoms with van der Waals surface area (Å²) in [5, 5.41) is 3.33. The summed E-state index contributed by atoms with van der Waals surface area (Å²) in [5.74, 6) is 0. The molecule has 86 valence electrons. The number of nitrogens with zero attached hydrogens (tertiary/aromatic N) is 1. The van der Waals surface area contributed by atoms with Crippen LogP contribution in [0.1, 0.15) is 26.7 Å². The summed E-state index contributed by atoms with van der Waals surface area (Å²) in [4.78, 5) is 2.36. The molecular formula is C11H26N2O. The maximum absolute atomic E-state index is 5.12. The van der Waals surface area contributed by atoms with Crippen LogP contribution in [-0.2, 0) is 4.74 Å². The highest BCUT2D eigenvalue weighted by molar-refractivity contribution is 4.62. The van der Waals surface area contributed by atoms with Crippen molar-refractivity contribution < 1.29 is 4.74 Å². The van der Waals surface area contributed by atoms with Crippen LogP contribution in [-0.4, -0.2) is 51.3 Å². The van der Waals surface area contributed by atoms with Gasteiger partial charge in [-0.3, -0.25) is 0 Å². The van der Waals surface area contributed by atoms with E-state index in [2.05, 4.69) is 31.1 Å². The van der Waals surface area contributed by atoms with E-state index in [1.165, 1.54) is 12.8 Å². The van der Waals surface area contributed by atoms with Gasteiger partial charge in [0.1, 0.15) is 0 Å². The third kappa shape index (κ3) is 7.30. The summed E-state index contributed by atoms with van der Waals surface area (Å²) in [6, 6.07) is 0.527. The van der Waals surface area contributed by atoms with E-state index in [-0.39, 0.29) is 0 Å². The van der Waals surface area contributed by atoms with Crippen molar-refractivity contribution in [2.75, 3.05) is 40.4 Å². The lowest BCUT2D eigenvalue weighted by Crippen LogP contribution is -2.33. The fraction of sp³-hybridized carbons (Fsp3) is 1.00. The van der Waals surface area contributed by atoms with Gasteiger partial charge in [0.25, 0.3) is 0 Å². The van der Waals surface area contributed by atoms with Crippen molar-refractivity contribution in [1.82, 2.24) is 10.2 Å². The first-order chi connectivity index (χ1) is 6.72. The third-order valence-electron chi connectivity index (χ3n) is 2.52. The number of hydrogen-bond donors (Lipinski definition) is 1. The van der Waals surface area contributed by atoms with Gasteiger partial charge < -0.3 is 15.0 Å². The van der Waals surface area contributed by atoms with Crippen molar-refractivity contribution in [2.45, 2.75) is 32.7 Å². The van der Waals surface area contributed by atoms with Crippen LogP contribution < -0.4 is 5.32 Å². The van der Waals surface area contributed by atoms with Crippen molar-refractivity contribution in [3.63, 3.8) is 0 Å². The van der Waals surface area contributed by atoms with Crippen LogP contribution >= 0.6 is 0 Å². The average molecular weight is 202 g/mol. The molecule has 1 unspecified atom stereocenters. The Kier molecular flexibility index (Phi) is 9.35. The average Bonchev–Trinajstić information content (AvgIpc) is 2.17. The number of unbranched alkanes of at least 4 members (excludes halogenated alkanes) is 1. The van der Waals surface area contributed by atoms with E-state index in [9.17, 15) is 0 Å². The molecule has 0 spiro atoms. The molecule has 1 N–H and O–H groups in total. The van der Waals surface area contributed by atoms with Crippen LogP contribution in [0.25, 0.3) is 0 Å². The molecule has 0 aliphatic carbocycles. The van der Waals surface area contributed by atoms with E-state index in [1.807, 2.05) is 0 Å². The first kappa shape index (κ1) is 13.9. The predicted molar refractivity (Wildman–Crippen MR) is 61.7 cm³/mol. The second-order valence-corrected chi connectivity index (χ2v) is 3.85. The first-order valence-corrected chi connectivity index (χ1v) is 5.62. The van der Waals surface area contributed by atoms with Gasteiger partial charge in [0, 0.05) is 13.2 Å². The molecule has 0 radical (unpaired) electrons. The van der Waals surface area contributed by atoms with Crippen molar-refractivity contribution in [3.05, 3.63) is 0 Å². The molecule has 0 amide bonds. The largest absolute Gasteiger partial charge is 0.383 e. The first-order valence-electron chi connectivity index (χ1n) is 5.62. The Morgan fingerprint density at radius 1 is 1.36 bits per heavy atom. The molecule has 1 atom stereocenters. The highest BCUT2D eigenvalue weighted by Gasteiger charge is 2.07. The quantitative estimate of drug-likeness (QED) is 0.571. The summed E-state index contributed by atoms with van der Waals surface area (Å²) < 4.78 is 5.12. The van der Waals surface area contributed by atoms with Crippen LogP contribution in [0.15, 0.2) is 0 Å². The molecule has 0 fully saturated rings. The van der Waals surface area contributed by atoms with Gasteiger partial charge in [0.2, 0.25) is 0 Å². The number of nitrogens with one attached hydrogen (secondary N) is 1. The molecule has 0 saturated heterocycles. The van der Waals surface area contributed by atoms with Gasteiger partial charge >= 0.3 is 0 Å². The molecule has 0 bridgehead atoms. The van der Waals surface area contributed by atoms with Crippen molar-refractivity contribution in [1.29, 1.82) is 0 Å². The van der Waals surface area contributed by atoms with Gasteiger partial charge in [-0.1, -0.05) is 6.92 Å². The topological polar surface area (TPSA) is 24.5 Å². The lowest BCUT2D eigenvalue weighted by atomic mass is 10.2. The third-order valence-corrected chi connectivity index (χ3v) is 2.52. The van der Waals surface area contributed by atoms with Gasteiger partial charge in [-0.25, -0.2) is 0 Å². The van der Waals surface area contributed by atoms with E-state index in [0.717, 1.165) is 26.2 Å². The van der Waals surface area contributed by atoms with Gasteiger partial charge in [0.05, 0.1) is 6.61 Å². The molecule has 0 aromatic carbocycles. The predicted octanol–water partition coefficient (Wildman–Crippen LogP) is 1.34. The normalized spacial score (nSPS) is 13.5. The zero-order valence-corrected chi connectivity index (χ0v) is 10.2. The molecule has 14 heavy (non-hydrogen) atoms. The Balaban J connectivity index is 3.29. The Hall–Kier alpha value is -0.120. The second-order valence-electron chi connectivity index (χ2n) is 3.85. The lowest BCUT2D eigenvalue weighted by molar-refractivity contribution is 0.114. The Bertz CT molecular complexity index is 120. The van der Waals surface area contributed by atoms with Crippen LogP contribution in [0.3, 0.4) is 0 Å². The molecular weight excluding hydrogens is 176 g/mol. The maximum atomic E-state index is 5.12. The molecule has 0 rings (SSSR count). The molecule has 0 heterocycles. The number of likely N-dealkylation sites (N-methyl/N-ethyl adjacent to an activating group) is 1. The minimum atomic E-state index is 0.527. The Morgan fingerprint density at radius 2 is 2.07 bits per heavy atom. The SMILES string of the molecule is CCNCCCCN(C)C(C)COC. The van der Waals surface area contributed by atoms with Gasteiger partial charge in [0.15, 0.2) is 0 Å². The molecule has 0 aromatic rings. The minimum absolute atomic E-state index is 0.527. The molecule has 3 heteroatoms. The van der Waals surface area contributed by atoms with E-state index in [4.69, 9.17) is 4.74 Å². The van der Waals surface area contributed by atoms with Crippen LogP contribution in [0.5, 0.6) is 0 Å². The fourth-order valence-electron chi connectivity index (χ4n) is 1.38. The lowest BCUT2D eigenvalue weighted by Gasteiger charge is -2.23. The highest BCUT2D eigenvalue weighted by atomic mass is 16.5. The van der Waals surface area contributed by atoms with Crippen LogP contribution in [0, 0.1) is 0 Å². The van der Waals surface area contributed by atoms with Crippen LogP contribution in [0.2, 0.25) is 0 Å². The van der Waals surface area contributed by atoms with E-state index >= 15 is 0 Å². The smallest absolute Gasteiger partial charge is 0.0615 e. The summed E-state index contributed by atoms with van der Waals surface area (Å²) >= 11 is 0. The number of hydrogen-bond acceptors (Lipinski definition) is 3. The molecule has 3 nitrogen and oxygen atoms in total. The van der Waals surface area contributed by atoms with E-state index in [0.29, 0.717) is 6.04 Å². The number of methoxy groups -OCH3 is 1. The van der Waals surface area contributed by atoms with Gasteiger partial charge in [-0.15, -0.1) is 0 Å². The van der Waals surface area contributed by atoms with Crippen molar-refractivity contribution in [2.24, 2.45) is 0 Å². The number of ether oxygens (including phenoxy) is 1. The van der Waals surface area contributed by atoms with Gasteiger partial charge in [-0.2, -0.15) is 0 Å². The molecule has 0 aliphatic rings. The summed E-state index contributed by atoms with van der Waals surface area (Å²) in [7, 11) is 3.92. The minimum Gasteiger partial charge on any atom is -0.383 e. The van der Waals surface area contributed by atoms with E-state index < -0.39 is 0 Å². The second kappa shape index (κ2) is 9.44. The molecule has 0 aromatic heterocycles. The standard InChI is InChI=1S/C11H26N2O/c1-5-12-8-6-7-9-13(3)11(2)10-14-4/h11-12H,5-10H2,1-4H3. The van der Waals surface area contributed by atoms with Crippen molar-refractivity contribution in [3.8, 4) is 0 Å². The highest BCUT2D eigenvalue weighted by Crippen LogP contribution is 1.98. The van der Waals surface area contributed by atoms with Crippen LogP contribution in [0.4, 0.5) is 0 Å². The maximum Gasteiger partial charge on any atom is 0.0615 e. The van der Waals surface area contributed by atoms with Gasteiger partial charge in [-0.05, 0) is 46.4 Å². The Labute approximate surface area is 88.8 Å². The zero-order chi connectivity index (χ0) is 10.8. The summed E-state index contributed by atoms with van der Waals surface area (Å²) in [6.45, 7) is 8.55. The zero-order valence-electron chi connectivity index (χ0n) is 10.2. The Morgan fingerprint density at radius 3 is 2.64 bits per heavy atom. The monoisotopic (exact) mass is 202 g/mol. The van der Waals surface area contributed by atoms with Crippen molar-refractivity contribution >= 4 is 0 Å².